The summed E-state index contributed by atoms with van der Waals surface area (Å²) in [5, 5.41) is 3.51. The van der Waals surface area contributed by atoms with Gasteiger partial charge >= 0.3 is 0 Å². The molecule has 1 aliphatic carbocycles. The Kier molecular flexibility index (Phi) is 3.11. The van der Waals surface area contributed by atoms with Crippen LogP contribution < -0.4 is 4.72 Å². The van der Waals surface area contributed by atoms with Gasteiger partial charge in [0.15, 0.2) is 5.13 Å². The zero-order chi connectivity index (χ0) is 13.5. The van der Waals surface area contributed by atoms with E-state index in [2.05, 4.69) is 14.8 Å². The van der Waals surface area contributed by atoms with Gasteiger partial charge in [-0.2, -0.15) is 9.49 Å². The van der Waals surface area contributed by atoms with E-state index in [0.717, 1.165) is 6.07 Å². The molecule has 2 aromatic heterocycles. The third-order valence-corrected chi connectivity index (χ3v) is 5.95. The highest BCUT2D eigenvalue weighted by Crippen LogP contribution is 2.32. The van der Waals surface area contributed by atoms with Gasteiger partial charge in [-0.05, 0) is 25.0 Å². The summed E-state index contributed by atoms with van der Waals surface area (Å²) in [6.45, 7) is 0. The molecular weight excluding hydrogens is 291 g/mol. The van der Waals surface area contributed by atoms with Gasteiger partial charge in [0.05, 0.1) is 6.04 Å². The van der Waals surface area contributed by atoms with Crippen molar-refractivity contribution in [3.63, 3.8) is 0 Å². The van der Waals surface area contributed by atoms with Gasteiger partial charge in [-0.25, -0.2) is 22.8 Å². The summed E-state index contributed by atoms with van der Waals surface area (Å²) >= 11 is 0.625. The standard InChI is InChI=1S/C10H11FN4O2S2/c11-9-1-2-10(18-9)19(16,17)14-7-3-8(4-7)15-6-12-5-13-15/h1-2,5-8,14H,3-4H2. The number of nitrogens with one attached hydrogen (secondary N) is 1. The number of sulfonamides is 1. The van der Waals surface area contributed by atoms with Gasteiger partial charge in [0, 0.05) is 6.04 Å². The molecule has 0 atom stereocenters. The molecule has 0 aliphatic heterocycles. The van der Waals surface area contributed by atoms with Crippen molar-refractivity contribution in [2.24, 2.45) is 0 Å². The molecule has 2 heterocycles. The molecule has 102 valence electrons. The minimum Gasteiger partial charge on any atom is -0.250 e. The fraction of sp³-hybridized carbons (Fsp3) is 0.400. The topological polar surface area (TPSA) is 76.9 Å². The Hall–Kier alpha value is -1.32. The zero-order valence-electron chi connectivity index (χ0n) is 9.73. The molecule has 0 saturated heterocycles. The molecule has 9 heteroatoms. The van der Waals surface area contributed by atoms with E-state index in [1.165, 1.54) is 12.4 Å². The first-order valence-electron chi connectivity index (χ1n) is 5.66. The molecule has 0 spiro atoms. The van der Waals surface area contributed by atoms with E-state index in [1.54, 1.807) is 11.0 Å². The van der Waals surface area contributed by atoms with Gasteiger partial charge in [0.2, 0.25) is 10.0 Å². The lowest BCUT2D eigenvalue weighted by Crippen LogP contribution is -2.44. The molecule has 3 rings (SSSR count). The van der Waals surface area contributed by atoms with Gasteiger partial charge < -0.3 is 0 Å². The second-order valence-electron chi connectivity index (χ2n) is 4.38. The van der Waals surface area contributed by atoms with E-state index in [1.807, 2.05) is 0 Å². The highest BCUT2D eigenvalue weighted by molar-refractivity contribution is 7.91. The molecule has 6 nitrogen and oxygen atoms in total. The van der Waals surface area contributed by atoms with Crippen LogP contribution in [-0.4, -0.2) is 29.2 Å². The molecule has 0 amide bonds. The number of nitrogens with zero attached hydrogens (tertiary/aromatic N) is 3. The second-order valence-corrected chi connectivity index (χ2v) is 7.35. The Morgan fingerprint density at radius 2 is 2.21 bits per heavy atom. The molecule has 1 fully saturated rings. The Balaban J connectivity index is 1.62. The van der Waals surface area contributed by atoms with Crippen LogP contribution in [0, 0.1) is 5.13 Å². The van der Waals surface area contributed by atoms with E-state index >= 15 is 0 Å². The molecule has 2 aromatic rings. The van der Waals surface area contributed by atoms with Crippen LogP contribution in [0.3, 0.4) is 0 Å². The Labute approximate surface area is 113 Å². The lowest BCUT2D eigenvalue weighted by atomic mass is 9.88. The maximum atomic E-state index is 12.8. The Morgan fingerprint density at radius 1 is 1.42 bits per heavy atom. The van der Waals surface area contributed by atoms with E-state index in [-0.39, 0.29) is 16.3 Å². The number of rotatable bonds is 4. The number of aromatic nitrogens is 3. The predicted molar refractivity (Wildman–Crippen MR) is 66.7 cm³/mol. The van der Waals surface area contributed by atoms with Crippen molar-refractivity contribution in [1.82, 2.24) is 19.5 Å². The average Bonchev–Trinajstić information content (AvgIpc) is 2.93. The van der Waals surface area contributed by atoms with Crippen LogP contribution >= 0.6 is 11.3 Å². The van der Waals surface area contributed by atoms with Crippen LogP contribution in [0.2, 0.25) is 0 Å². The predicted octanol–water partition coefficient (Wildman–Crippen LogP) is 1.16. The Bertz CT molecular complexity index is 662. The van der Waals surface area contributed by atoms with Crippen molar-refractivity contribution in [3.8, 4) is 0 Å². The lowest BCUT2D eigenvalue weighted by Gasteiger charge is -2.35. The third-order valence-electron chi connectivity index (χ3n) is 3.06. The van der Waals surface area contributed by atoms with Gasteiger partial charge in [-0.1, -0.05) is 11.3 Å². The first-order chi connectivity index (χ1) is 9.04. The highest BCUT2D eigenvalue weighted by Gasteiger charge is 2.34. The molecule has 0 radical (unpaired) electrons. The van der Waals surface area contributed by atoms with Crippen LogP contribution in [0.5, 0.6) is 0 Å². The van der Waals surface area contributed by atoms with Crippen molar-refractivity contribution in [1.29, 1.82) is 0 Å². The molecule has 1 saturated carbocycles. The molecule has 0 aromatic carbocycles. The summed E-state index contributed by atoms with van der Waals surface area (Å²) < 4.78 is 41.0. The van der Waals surface area contributed by atoms with Crippen molar-refractivity contribution in [2.75, 3.05) is 0 Å². The Morgan fingerprint density at radius 3 is 2.79 bits per heavy atom. The summed E-state index contributed by atoms with van der Waals surface area (Å²) in [6.07, 6.45) is 4.39. The van der Waals surface area contributed by atoms with E-state index in [4.69, 9.17) is 0 Å². The second kappa shape index (κ2) is 4.66. The molecule has 1 N–H and O–H groups in total. The zero-order valence-corrected chi connectivity index (χ0v) is 11.4. The normalized spacial score (nSPS) is 23.2. The smallest absolute Gasteiger partial charge is 0.250 e. The fourth-order valence-corrected chi connectivity index (χ4v) is 4.31. The van der Waals surface area contributed by atoms with E-state index < -0.39 is 15.2 Å². The fourth-order valence-electron chi connectivity index (χ4n) is 2.03. The van der Waals surface area contributed by atoms with E-state index in [9.17, 15) is 12.8 Å². The molecular formula is C10H11FN4O2S2. The first-order valence-corrected chi connectivity index (χ1v) is 7.96. The number of thiophene rings is 1. The summed E-state index contributed by atoms with van der Waals surface area (Å²) in [4.78, 5) is 3.85. The van der Waals surface area contributed by atoms with Gasteiger partial charge in [0.1, 0.15) is 16.9 Å². The number of halogens is 1. The summed E-state index contributed by atoms with van der Waals surface area (Å²) in [5.41, 5.74) is 0. The van der Waals surface area contributed by atoms with Gasteiger partial charge in [0.25, 0.3) is 0 Å². The van der Waals surface area contributed by atoms with Crippen molar-refractivity contribution < 1.29 is 12.8 Å². The van der Waals surface area contributed by atoms with Crippen LogP contribution in [0.1, 0.15) is 18.9 Å². The monoisotopic (exact) mass is 302 g/mol. The first kappa shape index (κ1) is 12.7. The van der Waals surface area contributed by atoms with Crippen LogP contribution in [-0.2, 0) is 10.0 Å². The van der Waals surface area contributed by atoms with Crippen molar-refractivity contribution >= 4 is 21.4 Å². The largest absolute Gasteiger partial charge is 0.250 e. The lowest BCUT2D eigenvalue weighted by molar-refractivity contribution is 0.232. The maximum Gasteiger partial charge on any atom is 0.250 e. The number of hydrogen-bond acceptors (Lipinski definition) is 5. The van der Waals surface area contributed by atoms with Crippen LogP contribution in [0.25, 0.3) is 0 Å². The maximum absolute atomic E-state index is 12.8. The van der Waals surface area contributed by atoms with Crippen molar-refractivity contribution in [3.05, 3.63) is 29.9 Å². The number of hydrogen-bond donors (Lipinski definition) is 1. The van der Waals surface area contributed by atoms with Crippen LogP contribution in [0.15, 0.2) is 29.0 Å². The molecule has 1 aliphatic rings. The summed E-state index contributed by atoms with van der Waals surface area (Å²) in [5.74, 6) is 0. The highest BCUT2D eigenvalue weighted by atomic mass is 32.2. The van der Waals surface area contributed by atoms with Crippen LogP contribution in [0.4, 0.5) is 4.39 Å². The average molecular weight is 302 g/mol. The molecule has 0 bridgehead atoms. The van der Waals surface area contributed by atoms with Gasteiger partial charge in [-0.3, -0.25) is 0 Å². The molecule has 0 unspecified atom stereocenters. The minimum absolute atomic E-state index is 0.00852. The quantitative estimate of drug-likeness (QED) is 0.919. The molecule has 19 heavy (non-hydrogen) atoms. The summed E-state index contributed by atoms with van der Waals surface area (Å²) in [6, 6.07) is 2.47. The SMILES string of the molecule is O=S(=O)(NC1CC(n2cncn2)C1)c1ccc(F)s1. The van der Waals surface area contributed by atoms with Gasteiger partial charge in [-0.15, -0.1) is 0 Å². The van der Waals surface area contributed by atoms with Crippen molar-refractivity contribution in [2.45, 2.75) is 29.1 Å². The third kappa shape index (κ3) is 2.53. The van der Waals surface area contributed by atoms with E-state index in [0.29, 0.717) is 24.2 Å². The minimum atomic E-state index is -3.61. The summed E-state index contributed by atoms with van der Waals surface area (Å²) in [7, 11) is -3.61.